The molecule has 1 aromatic rings. The van der Waals surface area contributed by atoms with Gasteiger partial charge in [-0.15, -0.1) is 5.10 Å². The molecule has 1 aromatic heterocycles. The first-order valence-electron chi connectivity index (χ1n) is 6.66. The lowest BCUT2D eigenvalue weighted by Crippen LogP contribution is -2.43. The average molecular weight is 251 g/mol. The highest BCUT2D eigenvalue weighted by atomic mass is 15.3. The summed E-state index contributed by atoms with van der Waals surface area (Å²) in [6.45, 7) is 10.1. The Hall–Kier alpha value is -1.10. The molecule has 0 amide bonds. The van der Waals surface area contributed by atoms with Crippen LogP contribution in [-0.2, 0) is 6.54 Å². The van der Waals surface area contributed by atoms with Crippen LogP contribution in [0.2, 0.25) is 0 Å². The number of aromatic amines is 1. The molecule has 1 saturated carbocycles. The lowest BCUT2D eigenvalue weighted by Gasteiger charge is -2.45. The fourth-order valence-corrected chi connectivity index (χ4v) is 3.62. The van der Waals surface area contributed by atoms with E-state index >= 15 is 0 Å². The second-order valence-corrected chi connectivity index (χ2v) is 7.13. The first-order valence-corrected chi connectivity index (χ1v) is 6.66. The molecule has 0 radical (unpaired) electrons. The zero-order chi connectivity index (χ0) is 13.4. The summed E-state index contributed by atoms with van der Waals surface area (Å²) in [4.78, 5) is 4.12. The topological polar surface area (TPSA) is 79.6 Å². The van der Waals surface area contributed by atoms with Gasteiger partial charge in [-0.2, -0.15) is 4.98 Å². The van der Waals surface area contributed by atoms with Crippen LogP contribution in [0.3, 0.4) is 0 Å². The molecule has 5 nitrogen and oxygen atoms in total. The molecule has 1 aliphatic carbocycles. The van der Waals surface area contributed by atoms with E-state index in [0.29, 0.717) is 29.4 Å². The number of anilines is 1. The lowest BCUT2D eigenvalue weighted by molar-refractivity contribution is 0.0842. The Labute approximate surface area is 109 Å². The van der Waals surface area contributed by atoms with Crippen LogP contribution in [0.25, 0.3) is 0 Å². The van der Waals surface area contributed by atoms with Gasteiger partial charge in [-0.25, -0.2) is 0 Å². The highest BCUT2D eigenvalue weighted by Crippen LogP contribution is 2.45. The molecule has 18 heavy (non-hydrogen) atoms. The van der Waals surface area contributed by atoms with E-state index in [4.69, 9.17) is 5.73 Å². The fraction of sp³-hybridized carbons (Fsp3) is 0.846. The van der Waals surface area contributed by atoms with Gasteiger partial charge in [0.2, 0.25) is 5.95 Å². The van der Waals surface area contributed by atoms with E-state index in [9.17, 15) is 0 Å². The number of H-pyrrole nitrogens is 1. The van der Waals surface area contributed by atoms with Crippen LogP contribution in [0.15, 0.2) is 0 Å². The Morgan fingerprint density at radius 1 is 1.28 bits per heavy atom. The number of nitrogen functional groups attached to an aromatic ring is 1. The van der Waals surface area contributed by atoms with E-state index in [2.05, 4.69) is 48.2 Å². The number of nitrogens with two attached hydrogens (primary N) is 1. The Morgan fingerprint density at radius 3 is 2.39 bits per heavy atom. The lowest BCUT2D eigenvalue weighted by atomic mass is 9.63. The largest absolute Gasteiger partial charge is 0.367 e. The van der Waals surface area contributed by atoms with Crippen molar-refractivity contribution < 1.29 is 0 Å². The summed E-state index contributed by atoms with van der Waals surface area (Å²) in [6.07, 6.45) is 3.70. The normalized spacial score (nSPS) is 23.1. The summed E-state index contributed by atoms with van der Waals surface area (Å²) in [5.74, 6) is 1.13. The Balaban J connectivity index is 1.93. The maximum absolute atomic E-state index is 5.49. The maximum atomic E-state index is 5.49. The van der Waals surface area contributed by atoms with Crippen LogP contribution in [0.4, 0.5) is 5.95 Å². The maximum Gasteiger partial charge on any atom is 0.239 e. The van der Waals surface area contributed by atoms with Gasteiger partial charge in [-0.1, -0.05) is 27.7 Å². The third-order valence-corrected chi connectivity index (χ3v) is 3.66. The van der Waals surface area contributed by atoms with Gasteiger partial charge >= 0.3 is 0 Å². The van der Waals surface area contributed by atoms with Crippen molar-refractivity contribution in [2.75, 3.05) is 5.73 Å². The molecule has 0 aromatic carbocycles. The Kier molecular flexibility index (Phi) is 3.36. The van der Waals surface area contributed by atoms with Crippen molar-refractivity contribution in [3.63, 3.8) is 0 Å². The van der Waals surface area contributed by atoms with Crippen molar-refractivity contribution in [1.29, 1.82) is 0 Å². The molecule has 0 saturated heterocycles. The SMILES string of the molecule is CC1(C)CC(NCc2nc(N)n[nH]2)CC(C)(C)C1. The molecule has 0 bridgehead atoms. The molecular formula is C13H25N5. The number of nitrogens with one attached hydrogen (secondary N) is 2. The van der Waals surface area contributed by atoms with Gasteiger partial charge in [0.25, 0.3) is 0 Å². The van der Waals surface area contributed by atoms with E-state index in [1.165, 1.54) is 19.3 Å². The van der Waals surface area contributed by atoms with E-state index in [0.717, 1.165) is 5.82 Å². The van der Waals surface area contributed by atoms with Crippen molar-refractivity contribution in [2.24, 2.45) is 10.8 Å². The summed E-state index contributed by atoms with van der Waals surface area (Å²) in [7, 11) is 0. The molecule has 5 heteroatoms. The van der Waals surface area contributed by atoms with Gasteiger partial charge in [-0.3, -0.25) is 5.10 Å². The molecule has 1 fully saturated rings. The number of hydrogen-bond acceptors (Lipinski definition) is 4. The van der Waals surface area contributed by atoms with Crippen LogP contribution in [0.5, 0.6) is 0 Å². The van der Waals surface area contributed by atoms with Crippen LogP contribution in [0, 0.1) is 10.8 Å². The van der Waals surface area contributed by atoms with Crippen LogP contribution in [-0.4, -0.2) is 21.2 Å². The molecule has 0 atom stereocenters. The molecule has 1 aliphatic rings. The fourth-order valence-electron chi connectivity index (χ4n) is 3.62. The minimum absolute atomic E-state index is 0.316. The van der Waals surface area contributed by atoms with Gasteiger partial charge in [0.05, 0.1) is 6.54 Å². The highest BCUT2D eigenvalue weighted by molar-refractivity contribution is 5.12. The zero-order valence-corrected chi connectivity index (χ0v) is 11.9. The molecule has 0 aliphatic heterocycles. The van der Waals surface area contributed by atoms with Crippen molar-refractivity contribution >= 4 is 5.95 Å². The molecule has 102 valence electrons. The van der Waals surface area contributed by atoms with Gasteiger partial charge in [-0.05, 0) is 30.1 Å². The first-order chi connectivity index (χ1) is 8.26. The molecule has 2 rings (SSSR count). The van der Waals surface area contributed by atoms with E-state index in [1.54, 1.807) is 0 Å². The van der Waals surface area contributed by atoms with Crippen LogP contribution >= 0.6 is 0 Å². The van der Waals surface area contributed by atoms with E-state index in [1.807, 2.05) is 0 Å². The second kappa shape index (κ2) is 4.53. The number of aromatic nitrogens is 3. The molecular weight excluding hydrogens is 226 g/mol. The van der Waals surface area contributed by atoms with Crippen molar-refractivity contribution in [2.45, 2.75) is 59.5 Å². The third kappa shape index (κ3) is 3.45. The zero-order valence-electron chi connectivity index (χ0n) is 11.9. The van der Waals surface area contributed by atoms with Crippen molar-refractivity contribution in [3.8, 4) is 0 Å². The van der Waals surface area contributed by atoms with Crippen LogP contribution < -0.4 is 11.1 Å². The first kappa shape index (κ1) is 13.3. The van der Waals surface area contributed by atoms with Gasteiger partial charge in [0.15, 0.2) is 0 Å². The quantitative estimate of drug-likeness (QED) is 0.768. The summed E-state index contributed by atoms with van der Waals surface area (Å²) >= 11 is 0. The van der Waals surface area contributed by atoms with Gasteiger partial charge < -0.3 is 11.1 Å². The van der Waals surface area contributed by atoms with E-state index in [-0.39, 0.29) is 0 Å². The minimum Gasteiger partial charge on any atom is -0.367 e. The second-order valence-electron chi connectivity index (χ2n) is 7.13. The highest BCUT2D eigenvalue weighted by Gasteiger charge is 2.38. The van der Waals surface area contributed by atoms with Crippen molar-refractivity contribution in [1.82, 2.24) is 20.5 Å². The number of hydrogen-bond donors (Lipinski definition) is 3. The Bertz CT molecular complexity index is 391. The van der Waals surface area contributed by atoms with Crippen LogP contribution in [0.1, 0.15) is 52.8 Å². The predicted octanol–water partition coefficient (Wildman–Crippen LogP) is 2.08. The smallest absolute Gasteiger partial charge is 0.239 e. The average Bonchev–Trinajstić information content (AvgIpc) is 2.56. The van der Waals surface area contributed by atoms with Gasteiger partial charge in [0, 0.05) is 6.04 Å². The standard InChI is InChI=1S/C13H25N5/c1-12(2)5-9(6-13(3,4)8-12)15-7-10-16-11(14)18-17-10/h9,15H,5-8H2,1-4H3,(H3,14,16,17,18). The Morgan fingerprint density at radius 2 is 1.89 bits per heavy atom. The van der Waals surface area contributed by atoms with Crippen molar-refractivity contribution in [3.05, 3.63) is 5.82 Å². The molecule has 4 N–H and O–H groups in total. The predicted molar refractivity (Wildman–Crippen MR) is 72.8 cm³/mol. The molecule has 0 unspecified atom stereocenters. The number of nitrogens with zero attached hydrogens (tertiary/aromatic N) is 2. The molecule has 1 heterocycles. The van der Waals surface area contributed by atoms with Gasteiger partial charge in [0.1, 0.15) is 5.82 Å². The third-order valence-electron chi connectivity index (χ3n) is 3.66. The van der Waals surface area contributed by atoms with E-state index < -0.39 is 0 Å². The molecule has 0 spiro atoms. The summed E-state index contributed by atoms with van der Waals surface area (Å²) in [6, 6.07) is 0.537. The monoisotopic (exact) mass is 251 g/mol. The summed E-state index contributed by atoms with van der Waals surface area (Å²) in [5.41, 5.74) is 6.30. The number of rotatable bonds is 3. The minimum atomic E-state index is 0.316. The summed E-state index contributed by atoms with van der Waals surface area (Å²) in [5, 5.41) is 10.3. The summed E-state index contributed by atoms with van der Waals surface area (Å²) < 4.78 is 0.